The van der Waals surface area contributed by atoms with Crippen LogP contribution in [0.5, 0.6) is 11.5 Å². The van der Waals surface area contributed by atoms with Gasteiger partial charge in [0.1, 0.15) is 11.5 Å². The van der Waals surface area contributed by atoms with Crippen LogP contribution in [0.3, 0.4) is 0 Å². The lowest BCUT2D eigenvalue weighted by atomic mass is 10.1. The third-order valence-electron chi connectivity index (χ3n) is 3.49. The lowest BCUT2D eigenvalue weighted by Gasteiger charge is -2.05. The molecule has 1 amide bonds. The number of benzene rings is 2. The first-order valence-corrected chi connectivity index (χ1v) is 7.86. The number of amides is 1. The van der Waals surface area contributed by atoms with Gasteiger partial charge in [-0.2, -0.15) is 0 Å². The number of pyridine rings is 1. The highest BCUT2D eigenvalue weighted by Crippen LogP contribution is 2.19. The maximum atomic E-state index is 12.0. The van der Waals surface area contributed by atoms with Gasteiger partial charge in [-0.15, -0.1) is 0 Å². The topological polar surface area (TPSA) is 91.5 Å². The summed E-state index contributed by atoms with van der Waals surface area (Å²) in [6, 6.07) is 15.9. The fourth-order valence-corrected chi connectivity index (χ4v) is 2.33. The number of carbonyl (C=O) groups excluding carboxylic acids is 2. The normalized spacial score (nSPS) is 10.8. The van der Waals surface area contributed by atoms with Gasteiger partial charge in [-0.25, -0.2) is 4.79 Å². The highest BCUT2D eigenvalue weighted by atomic mass is 16.5. The number of esters is 1. The monoisotopic (exact) mass is 348 g/mol. The van der Waals surface area contributed by atoms with Crippen LogP contribution in [-0.4, -0.2) is 23.5 Å². The first kappa shape index (κ1) is 17.2. The average molecular weight is 348 g/mol. The Morgan fingerprint density at radius 3 is 2.50 bits per heavy atom. The third kappa shape index (κ3) is 4.45. The van der Waals surface area contributed by atoms with Crippen LogP contribution >= 0.6 is 0 Å². The molecule has 0 radical (unpaired) electrons. The van der Waals surface area contributed by atoms with Crippen molar-refractivity contribution < 1.29 is 19.1 Å². The Kier molecular flexibility index (Phi) is 5.24. The number of hydrogen-bond acceptors (Lipinski definition) is 5. The summed E-state index contributed by atoms with van der Waals surface area (Å²) in [5.74, 6) is -0.250. The summed E-state index contributed by atoms with van der Waals surface area (Å²) < 4.78 is 10.4. The molecule has 130 valence electrons. The number of fused-ring (bicyclic) bond motifs is 1. The molecule has 2 aromatic carbocycles. The van der Waals surface area contributed by atoms with E-state index in [1.54, 1.807) is 36.5 Å². The Morgan fingerprint density at radius 2 is 1.73 bits per heavy atom. The van der Waals surface area contributed by atoms with E-state index in [4.69, 9.17) is 15.2 Å². The van der Waals surface area contributed by atoms with Gasteiger partial charge in [-0.3, -0.25) is 9.78 Å². The molecule has 2 N–H and O–H groups in total. The van der Waals surface area contributed by atoms with Crippen LogP contribution < -0.4 is 15.2 Å². The van der Waals surface area contributed by atoms with Crippen LogP contribution in [0.15, 0.2) is 66.9 Å². The molecule has 0 spiro atoms. The summed E-state index contributed by atoms with van der Waals surface area (Å²) in [7, 11) is 0. The van der Waals surface area contributed by atoms with Crippen molar-refractivity contribution >= 4 is 28.9 Å². The van der Waals surface area contributed by atoms with E-state index in [0.717, 1.165) is 16.5 Å². The van der Waals surface area contributed by atoms with Gasteiger partial charge in [0.2, 0.25) is 0 Å². The summed E-state index contributed by atoms with van der Waals surface area (Å²) >= 11 is 0. The van der Waals surface area contributed by atoms with Crippen molar-refractivity contribution in [3.8, 4) is 11.5 Å². The SMILES string of the molecule is NC(=O)COc1ccc(OC(=O)/C=C/c2cccc3cccnc23)cc1. The molecule has 1 aromatic heterocycles. The molecular formula is C20H16N2O4. The van der Waals surface area contributed by atoms with E-state index in [-0.39, 0.29) is 6.61 Å². The molecule has 0 saturated heterocycles. The first-order valence-electron chi connectivity index (χ1n) is 7.86. The van der Waals surface area contributed by atoms with E-state index >= 15 is 0 Å². The number of hydrogen-bond donors (Lipinski definition) is 1. The Morgan fingerprint density at radius 1 is 1.00 bits per heavy atom. The van der Waals surface area contributed by atoms with Crippen LogP contribution in [0.2, 0.25) is 0 Å². The highest BCUT2D eigenvalue weighted by molar-refractivity contribution is 5.93. The smallest absolute Gasteiger partial charge is 0.336 e. The van der Waals surface area contributed by atoms with Crippen molar-refractivity contribution in [2.75, 3.05) is 6.61 Å². The zero-order chi connectivity index (χ0) is 18.4. The average Bonchev–Trinajstić information content (AvgIpc) is 2.65. The lowest BCUT2D eigenvalue weighted by Crippen LogP contribution is -2.19. The minimum atomic E-state index is -0.562. The fourth-order valence-electron chi connectivity index (χ4n) is 2.33. The Bertz CT molecular complexity index is 960. The number of ether oxygens (including phenoxy) is 2. The number of para-hydroxylation sites is 1. The maximum absolute atomic E-state index is 12.0. The van der Waals surface area contributed by atoms with Crippen LogP contribution in [-0.2, 0) is 9.59 Å². The standard InChI is InChI=1S/C20H16N2O4/c21-18(23)13-25-16-7-9-17(10-8-16)26-19(24)11-6-15-4-1-3-14-5-2-12-22-20(14)15/h1-12H,13H2,(H2,21,23)/b11-6+. The van der Waals surface area contributed by atoms with Crippen molar-refractivity contribution in [3.05, 3.63) is 72.4 Å². The second-order valence-corrected chi connectivity index (χ2v) is 5.40. The fraction of sp³-hybridized carbons (Fsp3) is 0.0500. The van der Waals surface area contributed by atoms with Gasteiger partial charge in [0.25, 0.3) is 5.91 Å². The molecule has 3 rings (SSSR count). The predicted octanol–water partition coefficient (Wildman–Crippen LogP) is 2.72. The van der Waals surface area contributed by atoms with Gasteiger partial charge in [0.05, 0.1) is 5.52 Å². The molecule has 0 bridgehead atoms. The van der Waals surface area contributed by atoms with E-state index in [9.17, 15) is 9.59 Å². The van der Waals surface area contributed by atoms with Crippen LogP contribution in [0.25, 0.3) is 17.0 Å². The molecule has 0 atom stereocenters. The van der Waals surface area contributed by atoms with Gasteiger partial charge in [-0.1, -0.05) is 24.3 Å². The van der Waals surface area contributed by atoms with Gasteiger partial charge in [0.15, 0.2) is 6.61 Å². The first-order chi connectivity index (χ1) is 12.6. The maximum Gasteiger partial charge on any atom is 0.336 e. The zero-order valence-corrected chi connectivity index (χ0v) is 13.8. The number of rotatable bonds is 6. The molecule has 26 heavy (non-hydrogen) atoms. The van der Waals surface area contributed by atoms with Crippen molar-refractivity contribution in [1.29, 1.82) is 0 Å². The van der Waals surface area contributed by atoms with Gasteiger partial charge >= 0.3 is 5.97 Å². The summed E-state index contributed by atoms with van der Waals surface area (Å²) in [5.41, 5.74) is 6.65. The van der Waals surface area contributed by atoms with E-state index in [1.807, 2.05) is 30.3 Å². The molecule has 6 heteroatoms. The summed E-state index contributed by atoms with van der Waals surface area (Å²) in [6.45, 7) is -0.207. The summed E-state index contributed by atoms with van der Waals surface area (Å²) in [4.78, 5) is 27.0. The van der Waals surface area contributed by atoms with Crippen molar-refractivity contribution in [2.24, 2.45) is 5.73 Å². The Balaban J connectivity index is 1.65. The molecule has 6 nitrogen and oxygen atoms in total. The van der Waals surface area contributed by atoms with Crippen molar-refractivity contribution in [2.45, 2.75) is 0 Å². The van der Waals surface area contributed by atoms with Crippen LogP contribution in [0, 0.1) is 0 Å². The molecule has 0 aliphatic carbocycles. The lowest BCUT2D eigenvalue weighted by molar-refractivity contribution is -0.128. The van der Waals surface area contributed by atoms with Gasteiger partial charge < -0.3 is 15.2 Å². The molecule has 0 fully saturated rings. The Hall–Kier alpha value is -3.67. The zero-order valence-electron chi connectivity index (χ0n) is 13.8. The minimum absolute atomic E-state index is 0.207. The van der Waals surface area contributed by atoms with Crippen molar-refractivity contribution in [3.63, 3.8) is 0 Å². The van der Waals surface area contributed by atoms with Crippen LogP contribution in [0.4, 0.5) is 0 Å². The van der Waals surface area contributed by atoms with E-state index in [0.29, 0.717) is 11.5 Å². The molecular weight excluding hydrogens is 332 g/mol. The highest BCUT2D eigenvalue weighted by Gasteiger charge is 2.04. The van der Waals surface area contributed by atoms with E-state index in [2.05, 4.69) is 4.98 Å². The molecule has 1 heterocycles. The quantitative estimate of drug-likeness (QED) is 0.420. The van der Waals surface area contributed by atoms with Gasteiger partial charge in [0, 0.05) is 23.2 Å². The molecule has 3 aromatic rings. The number of nitrogens with zero attached hydrogens (tertiary/aromatic N) is 1. The van der Waals surface area contributed by atoms with Gasteiger partial charge in [-0.05, 0) is 36.4 Å². The van der Waals surface area contributed by atoms with E-state index < -0.39 is 11.9 Å². The summed E-state index contributed by atoms with van der Waals surface area (Å²) in [6.07, 6.45) is 4.73. The number of nitrogens with two attached hydrogens (primary N) is 1. The second kappa shape index (κ2) is 7.94. The largest absolute Gasteiger partial charge is 0.484 e. The van der Waals surface area contributed by atoms with Crippen LogP contribution in [0.1, 0.15) is 5.56 Å². The van der Waals surface area contributed by atoms with Crippen molar-refractivity contribution in [1.82, 2.24) is 4.98 Å². The Labute approximate surface area is 149 Å². The molecule has 0 aliphatic rings. The number of primary amides is 1. The predicted molar refractivity (Wildman–Crippen MR) is 97.5 cm³/mol. The van der Waals surface area contributed by atoms with E-state index in [1.165, 1.54) is 6.08 Å². The number of aromatic nitrogens is 1. The number of carbonyl (C=O) groups is 2. The summed E-state index contributed by atoms with van der Waals surface area (Å²) in [5, 5.41) is 0.995. The second-order valence-electron chi connectivity index (χ2n) is 5.40. The molecule has 0 aliphatic heterocycles. The minimum Gasteiger partial charge on any atom is -0.484 e. The molecule has 0 saturated carbocycles. The third-order valence-corrected chi connectivity index (χ3v) is 3.49. The molecule has 0 unspecified atom stereocenters.